The van der Waals surface area contributed by atoms with E-state index in [1.54, 1.807) is 7.05 Å². The van der Waals surface area contributed by atoms with Crippen LogP contribution in [0.25, 0.3) is 0 Å². The van der Waals surface area contributed by atoms with Crippen molar-refractivity contribution < 1.29 is 9.59 Å². The maximum Gasteiger partial charge on any atom is 0.243 e. The van der Waals surface area contributed by atoms with E-state index in [1.165, 1.54) is 4.90 Å². The molecule has 1 saturated carbocycles. The quantitative estimate of drug-likeness (QED) is 0.864. The number of anilines is 1. The number of para-hydroxylation sites is 1. The molecule has 0 radical (unpaired) electrons. The Hall–Kier alpha value is -1.88. The minimum absolute atomic E-state index is 0.0134. The molecule has 0 aliphatic heterocycles. The number of likely N-dealkylation sites (N-methyl/N-ethyl adjacent to an activating group) is 1. The van der Waals surface area contributed by atoms with Crippen molar-refractivity contribution in [2.24, 2.45) is 11.7 Å². The summed E-state index contributed by atoms with van der Waals surface area (Å²) in [5.74, 6) is 0.0606. The predicted molar refractivity (Wildman–Crippen MR) is 82.6 cm³/mol. The van der Waals surface area contributed by atoms with Gasteiger partial charge in [-0.3, -0.25) is 9.59 Å². The molecule has 1 aliphatic rings. The van der Waals surface area contributed by atoms with Gasteiger partial charge >= 0.3 is 0 Å². The molecule has 3 N–H and O–H groups in total. The van der Waals surface area contributed by atoms with E-state index >= 15 is 0 Å². The van der Waals surface area contributed by atoms with Crippen LogP contribution in [0.5, 0.6) is 0 Å². The van der Waals surface area contributed by atoms with Crippen molar-refractivity contribution in [1.29, 1.82) is 0 Å². The third-order valence-corrected chi connectivity index (χ3v) is 4.02. The van der Waals surface area contributed by atoms with Crippen LogP contribution in [0.1, 0.15) is 25.7 Å². The number of nitrogens with zero attached hydrogens (tertiary/aromatic N) is 1. The topological polar surface area (TPSA) is 75.4 Å². The molecule has 1 aliphatic carbocycles. The minimum Gasteiger partial charge on any atom is -0.336 e. The summed E-state index contributed by atoms with van der Waals surface area (Å²) in [7, 11) is 1.66. The SMILES string of the molecule is CN(CC(=O)Nc1ccccc1)C(=O)C[C@@H]1CCC[C@H]1N. The van der Waals surface area contributed by atoms with Gasteiger partial charge in [-0.05, 0) is 30.9 Å². The Morgan fingerprint density at radius 3 is 2.62 bits per heavy atom. The number of carbonyl (C=O) groups is 2. The molecule has 5 nitrogen and oxygen atoms in total. The highest BCUT2D eigenvalue weighted by molar-refractivity contribution is 5.94. The van der Waals surface area contributed by atoms with Crippen LogP contribution in [0.4, 0.5) is 5.69 Å². The van der Waals surface area contributed by atoms with E-state index in [0.29, 0.717) is 6.42 Å². The van der Waals surface area contributed by atoms with E-state index in [2.05, 4.69) is 5.32 Å². The van der Waals surface area contributed by atoms with Crippen molar-refractivity contribution in [2.45, 2.75) is 31.7 Å². The molecule has 5 heteroatoms. The van der Waals surface area contributed by atoms with Gasteiger partial charge in [0.25, 0.3) is 0 Å². The molecule has 21 heavy (non-hydrogen) atoms. The van der Waals surface area contributed by atoms with Gasteiger partial charge in [0.15, 0.2) is 0 Å². The normalized spacial score (nSPS) is 21.0. The minimum atomic E-state index is -0.187. The molecule has 0 bridgehead atoms. The molecule has 0 spiro atoms. The summed E-state index contributed by atoms with van der Waals surface area (Å²) in [6, 6.07) is 9.35. The van der Waals surface area contributed by atoms with Gasteiger partial charge in [-0.1, -0.05) is 24.6 Å². The van der Waals surface area contributed by atoms with Crippen LogP contribution >= 0.6 is 0 Å². The second kappa shape index (κ2) is 7.22. The highest BCUT2D eigenvalue weighted by Crippen LogP contribution is 2.27. The first-order valence-corrected chi connectivity index (χ1v) is 7.40. The zero-order valence-corrected chi connectivity index (χ0v) is 12.4. The fraction of sp³-hybridized carbons (Fsp3) is 0.500. The molecule has 0 aromatic heterocycles. The molecule has 1 fully saturated rings. The highest BCUT2D eigenvalue weighted by atomic mass is 16.2. The van der Waals surface area contributed by atoms with Crippen molar-refractivity contribution in [3.63, 3.8) is 0 Å². The van der Waals surface area contributed by atoms with Crippen LogP contribution < -0.4 is 11.1 Å². The number of benzene rings is 1. The van der Waals surface area contributed by atoms with Crippen LogP contribution in [-0.4, -0.2) is 36.3 Å². The second-order valence-electron chi connectivity index (χ2n) is 5.72. The fourth-order valence-corrected chi connectivity index (χ4v) is 2.72. The lowest BCUT2D eigenvalue weighted by Gasteiger charge is -2.20. The van der Waals surface area contributed by atoms with Gasteiger partial charge in [0.1, 0.15) is 0 Å². The van der Waals surface area contributed by atoms with E-state index in [9.17, 15) is 9.59 Å². The van der Waals surface area contributed by atoms with Crippen molar-refractivity contribution in [2.75, 3.05) is 18.9 Å². The molecule has 0 saturated heterocycles. The predicted octanol–water partition coefficient (Wildman–Crippen LogP) is 1.60. The molecule has 1 aromatic carbocycles. The third-order valence-electron chi connectivity index (χ3n) is 4.02. The molecule has 1 aromatic rings. The Kier molecular flexibility index (Phi) is 5.33. The lowest BCUT2D eigenvalue weighted by atomic mass is 9.99. The first-order chi connectivity index (χ1) is 10.1. The Morgan fingerprint density at radius 1 is 1.29 bits per heavy atom. The highest BCUT2D eigenvalue weighted by Gasteiger charge is 2.27. The van der Waals surface area contributed by atoms with Gasteiger partial charge in [-0.25, -0.2) is 0 Å². The third kappa shape index (κ3) is 4.56. The molecular weight excluding hydrogens is 266 g/mol. The molecule has 2 rings (SSSR count). The summed E-state index contributed by atoms with van der Waals surface area (Å²) >= 11 is 0. The van der Waals surface area contributed by atoms with E-state index in [4.69, 9.17) is 5.73 Å². The maximum absolute atomic E-state index is 12.1. The molecule has 2 atom stereocenters. The summed E-state index contributed by atoms with van der Waals surface area (Å²) in [4.78, 5) is 25.5. The Balaban J connectivity index is 1.78. The summed E-state index contributed by atoms with van der Waals surface area (Å²) in [6.07, 6.45) is 3.54. The van der Waals surface area contributed by atoms with Crippen LogP contribution in [0.2, 0.25) is 0 Å². The largest absolute Gasteiger partial charge is 0.336 e. The lowest BCUT2D eigenvalue weighted by Crippen LogP contribution is -2.37. The molecule has 0 unspecified atom stereocenters. The average Bonchev–Trinajstić information content (AvgIpc) is 2.85. The van der Waals surface area contributed by atoms with Crippen molar-refractivity contribution >= 4 is 17.5 Å². The number of hydrogen-bond donors (Lipinski definition) is 2. The van der Waals surface area contributed by atoms with E-state index in [-0.39, 0.29) is 30.3 Å². The molecule has 0 heterocycles. The van der Waals surface area contributed by atoms with Gasteiger partial charge < -0.3 is 16.0 Å². The van der Waals surface area contributed by atoms with Crippen LogP contribution in [0.15, 0.2) is 30.3 Å². The monoisotopic (exact) mass is 289 g/mol. The smallest absolute Gasteiger partial charge is 0.243 e. The summed E-state index contributed by atoms with van der Waals surface area (Å²) in [6.45, 7) is 0.0652. The number of rotatable bonds is 5. The van der Waals surface area contributed by atoms with E-state index < -0.39 is 0 Å². The van der Waals surface area contributed by atoms with Crippen LogP contribution in [0.3, 0.4) is 0 Å². The first-order valence-electron chi connectivity index (χ1n) is 7.40. The Labute approximate surface area is 125 Å². The zero-order valence-electron chi connectivity index (χ0n) is 12.4. The van der Waals surface area contributed by atoms with E-state index in [1.807, 2.05) is 30.3 Å². The maximum atomic E-state index is 12.1. The van der Waals surface area contributed by atoms with Crippen LogP contribution in [-0.2, 0) is 9.59 Å². The lowest BCUT2D eigenvalue weighted by molar-refractivity contribution is -0.134. The first kappa shape index (κ1) is 15.5. The van der Waals surface area contributed by atoms with Crippen LogP contribution in [0, 0.1) is 5.92 Å². The summed E-state index contributed by atoms with van der Waals surface area (Å²) in [5, 5.41) is 2.77. The Morgan fingerprint density at radius 2 is 2.00 bits per heavy atom. The van der Waals surface area contributed by atoms with Gasteiger partial charge in [0, 0.05) is 25.2 Å². The van der Waals surface area contributed by atoms with Gasteiger partial charge in [-0.2, -0.15) is 0 Å². The van der Waals surface area contributed by atoms with Gasteiger partial charge in [0.2, 0.25) is 11.8 Å². The number of amides is 2. The van der Waals surface area contributed by atoms with Crippen molar-refractivity contribution in [3.05, 3.63) is 30.3 Å². The second-order valence-corrected chi connectivity index (χ2v) is 5.72. The number of hydrogen-bond acceptors (Lipinski definition) is 3. The molecule has 114 valence electrons. The summed E-state index contributed by atoms with van der Waals surface area (Å²) in [5.41, 5.74) is 6.72. The van der Waals surface area contributed by atoms with E-state index in [0.717, 1.165) is 24.9 Å². The molecular formula is C16H23N3O2. The number of nitrogens with two attached hydrogens (primary N) is 1. The number of nitrogens with one attached hydrogen (secondary N) is 1. The summed E-state index contributed by atoms with van der Waals surface area (Å²) < 4.78 is 0. The van der Waals surface area contributed by atoms with Crippen molar-refractivity contribution in [1.82, 2.24) is 4.90 Å². The van der Waals surface area contributed by atoms with Gasteiger partial charge in [0.05, 0.1) is 6.54 Å². The standard InChI is InChI=1S/C16H23N3O2/c1-19(16(21)10-12-6-5-9-14(12)17)11-15(20)18-13-7-3-2-4-8-13/h2-4,7-8,12,14H,5-6,9-11,17H2,1H3,(H,18,20)/t12-,14+/m0/s1. The fourth-order valence-electron chi connectivity index (χ4n) is 2.72. The average molecular weight is 289 g/mol. The molecule has 2 amide bonds. The Bertz CT molecular complexity index is 490. The number of carbonyl (C=O) groups excluding carboxylic acids is 2. The van der Waals surface area contributed by atoms with Crippen molar-refractivity contribution in [3.8, 4) is 0 Å². The van der Waals surface area contributed by atoms with Gasteiger partial charge in [-0.15, -0.1) is 0 Å². The zero-order chi connectivity index (χ0) is 15.2.